The second kappa shape index (κ2) is 12.4. The standard InChI is InChI=1S/C57H38N2S/c1-57(2)48-26-21-35(34-47(48)55-49(57)27-25-43-42-18-10-12-20-54(42)60-56(43)55)37-23-29-52-45(32-37)46-33-38(24-30-53(46)59(52)40-15-7-4-8-16-40)36-22-28-51-44(31-36)41-17-9-11-19-50(41)58(51)39-13-5-3-6-14-39/h3-34H,1-2H3. The van der Waals surface area contributed by atoms with Crippen LogP contribution in [0.3, 0.4) is 0 Å². The fourth-order valence-electron chi connectivity index (χ4n) is 10.4. The molecule has 3 heteroatoms. The van der Waals surface area contributed by atoms with E-state index in [9.17, 15) is 0 Å². The predicted molar refractivity (Wildman–Crippen MR) is 256 cm³/mol. The highest BCUT2D eigenvalue weighted by atomic mass is 32.1. The number of aromatic nitrogens is 2. The average molecular weight is 783 g/mol. The highest BCUT2D eigenvalue weighted by Gasteiger charge is 2.37. The van der Waals surface area contributed by atoms with Gasteiger partial charge in [-0.15, -0.1) is 11.3 Å². The Morgan fingerprint density at radius 2 is 0.833 bits per heavy atom. The van der Waals surface area contributed by atoms with Crippen LogP contribution in [0.15, 0.2) is 194 Å². The third-order valence-electron chi connectivity index (χ3n) is 13.3. The molecule has 2 nitrogen and oxygen atoms in total. The molecule has 0 radical (unpaired) electrons. The molecule has 0 aliphatic heterocycles. The topological polar surface area (TPSA) is 9.86 Å². The van der Waals surface area contributed by atoms with E-state index in [1.807, 2.05) is 11.3 Å². The van der Waals surface area contributed by atoms with Gasteiger partial charge in [-0.1, -0.05) is 129 Å². The molecule has 282 valence electrons. The molecule has 0 unspecified atom stereocenters. The maximum atomic E-state index is 2.47. The summed E-state index contributed by atoms with van der Waals surface area (Å²) < 4.78 is 7.56. The van der Waals surface area contributed by atoms with Crippen LogP contribution in [0.2, 0.25) is 0 Å². The minimum Gasteiger partial charge on any atom is -0.309 e. The van der Waals surface area contributed by atoms with E-state index in [0.29, 0.717) is 0 Å². The fraction of sp³-hybridized carbons (Fsp3) is 0.0526. The minimum absolute atomic E-state index is 0.0729. The molecule has 1 aliphatic rings. The predicted octanol–water partition coefficient (Wildman–Crippen LogP) is 15.9. The Kier molecular flexibility index (Phi) is 6.98. The maximum Gasteiger partial charge on any atom is 0.0541 e. The van der Waals surface area contributed by atoms with Crippen LogP contribution in [0.25, 0.3) is 109 Å². The van der Waals surface area contributed by atoms with E-state index in [4.69, 9.17) is 0 Å². The summed E-state index contributed by atoms with van der Waals surface area (Å²) >= 11 is 1.93. The Balaban J connectivity index is 1.00. The van der Waals surface area contributed by atoms with Crippen molar-refractivity contribution >= 4 is 75.1 Å². The Labute approximate surface area is 351 Å². The average Bonchev–Trinajstić information content (AvgIpc) is 4.01. The summed E-state index contributed by atoms with van der Waals surface area (Å²) in [6.45, 7) is 4.77. The molecule has 60 heavy (non-hydrogen) atoms. The van der Waals surface area contributed by atoms with Gasteiger partial charge in [0.05, 0.1) is 22.1 Å². The van der Waals surface area contributed by atoms with Crippen LogP contribution in [0, 0.1) is 0 Å². The highest BCUT2D eigenvalue weighted by Crippen LogP contribution is 2.54. The molecule has 0 atom stereocenters. The SMILES string of the molecule is CC1(C)c2ccc(-c3ccc4c(c3)c3cc(-c5ccc6c(c5)c5ccccc5n6-c5ccccc5)ccc3n4-c3ccccc3)cc2-c2c1ccc1c2sc2ccccc21. The van der Waals surface area contributed by atoms with E-state index in [-0.39, 0.29) is 5.41 Å². The second-order valence-corrected chi connectivity index (χ2v) is 18.0. The first-order valence-corrected chi connectivity index (χ1v) is 21.7. The molecule has 12 aromatic rings. The molecule has 1 aliphatic carbocycles. The summed E-state index contributed by atoms with van der Waals surface area (Å²) in [5.41, 5.74) is 17.6. The van der Waals surface area contributed by atoms with Gasteiger partial charge in [-0.2, -0.15) is 0 Å². The van der Waals surface area contributed by atoms with Crippen molar-refractivity contribution in [2.24, 2.45) is 0 Å². The number of hydrogen-bond donors (Lipinski definition) is 0. The van der Waals surface area contributed by atoms with Crippen LogP contribution in [0.5, 0.6) is 0 Å². The minimum atomic E-state index is -0.0729. The van der Waals surface area contributed by atoms with E-state index >= 15 is 0 Å². The summed E-state index contributed by atoms with van der Waals surface area (Å²) in [5.74, 6) is 0. The first-order chi connectivity index (χ1) is 29.5. The molecule has 0 spiro atoms. The van der Waals surface area contributed by atoms with Crippen LogP contribution in [0.1, 0.15) is 25.0 Å². The summed E-state index contributed by atoms with van der Waals surface area (Å²) in [5, 5.41) is 7.73. The molecule has 0 amide bonds. The smallest absolute Gasteiger partial charge is 0.0541 e. The molecular formula is C57H38N2S. The number of fused-ring (bicyclic) bond motifs is 13. The third-order valence-corrected chi connectivity index (χ3v) is 14.5. The molecule has 0 bridgehead atoms. The number of thiophene rings is 1. The van der Waals surface area contributed by atoms with Gasteiger partial charge in [-0.05, 0) is 118 Å². The number of rotatable bonds is 4. The maximum absolute atomic E-state index is 2.47. The van der Waals surface area contributed by atoms with Gasteiger partial charge in [0.2, 0.25) is 0 Å². The number of para-hydroxylation sites is 3. The first kappa shape index (κ1) is 33.7. The summed E-state index contributed by atoms with van der Waals surface area (Å²) in [7, 11) is 0. The van der Waals surface area contributed by atoms with Gasteiger partial charge in [0, 0.05) is 64.1 Å². The lowest BCUT2D eigenvalue weighted by Gasteiger charge is -2.21. The molecule has 3 heterocycles. The molecule has 0 saturated carbocycles. The summed E-state index contributed by atoms with van der Waals surface area (Å²) in [4.78, 5) is 0. The van der Waals surface area contributed by atoms with Gasteiger partial charge in [-0.3, -0.25) is 0 Å². The van der Waals surface area contributed by atoms with Gasteiger partial charge in [0.25, 0.3) is 0 Å². The van der Waals surface area contributed by atoms with Crippen LogP contribution in [-0.2, 0) is 5.41 Å². The fourth-order valence-corrected chi connectivity index (χ4v) is 11.7. The quantitative estimate of drug-likeness (QED) is 0.168. The number of nitrogens with zero attached hydrogens (tertiary/aromatic N) is 2. The summed E-state index contributed by atoms with van der Waals surface area (Å²) in [6.07, 6.45) is 0. The monoisotopic (exact) mass is 782 g/mol. The van der Waals surface area contributed by atoms with Crippen molar-refractivity contribution < 1.29 is 0 Å². The van der Waals surface area contributed by atoms with Gasteiger partial charge >= 0.3 is 0 Å². The normalized spacial score (nSPS) is 13.3. The van der Waals surface area contributed by atoms with Crippen molar-refractivity contribution in [3.8, 4) is 44.8 Å². The highest BCUT2D eigenvalue weighted by molar-refractivity contribution is 7.26. The third kappa shape index (κ3) is 4.70. The zero-order valence-corrected chi connectivity index (χ0v) is 34.1. The zero-order chi connectivity index (χ0) is 39.7. The van der Waals surface area contributed by atoms with Gasteiger partial charge < -0.3 is 9.13 Å². The molecule has 3 aromatic heterocycles. The van der Waals surface area contributed by atoms with Crippen molar-refractivity contribution in [2.75, 3.05) is 0 Å². The van der Waals surface area contributed by atoms with Gasteiger partial charge in [-0.25, -0.2) is 0 Å². The molecule has 0 N–H and O–H groups in total. The molecular weight excluding hydrogens is 745 g/mol. The lowest BCUT2D eigenvalue weighted by molar-refractivity contribution is 0.661. The van der Waals surface area contributed by atoms with Crippen molar-refractivity contribution in [2.45, 2.75) is 19.3 Å². The second-order valence-electron chi connectivity index (χ2n) is 16.9. The van der Waals surface area contributed by atoms with Crippen LogP contribution < -0.4 is 0 Å². The van der Waals surface area contributed by atoms with Crippen molar-refractivity contribution in [1.29, 1.82) is 0 Å². The summed E-state index contributed by atoms with van der Waals surface area (Å²) in [6, 6.07) is 72.2. The molecule has 13 rings (SSSR count). The Morgan fingerprint density at radius 1 is 0.367 bits per heavy atom. The van der Waals surface area contributed by atoms with Crippen LogP contribution in [0.4, 0.5) is 0 Å². The van der Waals surface area contributed by atoms with Crippen LogP contribution >= 0.6 is 11.3 Å². The van der Waals surface area contributed by atoms with E-state index in [1.165, 1.54) is 114 Å². The molecule has 0 saturated heterocycles. The van der Waals surface area contributed by atoms with E-state index in [2.05, 4.69) is 217 Å². The number of benzene rings is 9. The molecule has 9 aromatic carbocycles. The lowest BCUT2D eigenvalue weighted by Crippen LogP contribution is -2.14. The van der Waals surface area contributed by atoms with Crippen molar-refractivity contribution in [3.05, 3.63) is 205 Å². The van der Waals surface area contributed by atoms with Gasteiger partial charge in [0.1, 0.15) is 0 Å². The van der Waals surface area contributed by atoms with Crippen molar-refractivity contribution in [3.63, 3.8) is 0 Å². The largest absolute Gasteiger partial charge is 0.309 e. The van der Waals surface area contributed by atoms with E-state index in [0.717, 1.165) is 5.69 Å². The Morgan fingerprint density at radius 3 is 1.45 bits per heavy atom. The number of hydrogen-bond acceptors (Lipinski definition) is 1. The van der Waals surface area contributed by atoms with Gasteiger partial charge in [0.15, 0.2) is 0 Å². The van der Waals surface area contributed by atoms with E-state index in [1.54, 1.807) is 0 Å². The lowest BCUT2D eigenvalue weighted by atomic mass is 9.82. The Hall–Kier alpha value is -7.20. The van der Waals surface area contributed by atoms with E-state index < -0.39 is 0 Å². The first-order valence-electron chi connectivity index (χ1n) is 20.8. The Bertz CT molecular complexity index is 3730. The van der Waals surface area contributed by atoms with Crippen LogP contribution in [-0.4, -0.2) is 9.13 Å². The zero-order valence-electron chi connectivity index (χ0n) is 33.3. The molecule has 0 fully saturated rings. The van der Waals surface area contributed by atoms with Crippen molar-refractivity contribution in [1.82, 2.24) is 9.13 Å².